The molecule has 0 saturated heterocycles. The normalized spacial score (nSPS) is 17.9. The van der Waals surface area contributed by atoms with Crippen LogP contribution in [-0.4, -0.2) is 11.0 Å². The highest BCUT2D eigenvalue weighted by Crippen LogP contribution is 2.29. The van der Waals surface area contributed by atoms with Gasteiger partial charge in [-0.15, -0.1) is 11.3 Å². The van der Waals surface area contributed by atoms with Gasteiger partial charge >= 0.3 is 0 Å². The minimum atomic E-state index is 0.358. The highest BCUT2D eigenvalue weighted by molar-refractivity contribution is 7.18. The molecule has 0 spiro atoms. The molecule has 1 aliphatic carbocycles. The van der Waals surface area contributed by atoms with Crippen molar-refractivity contribution in [1.82, 2.24) is 10.4 Å². The van der Waals surface area contributed by atoms with Crippen LogP contribution in [0.25, 0.3) is 10.2 Å². The Morgan fingerprint density at radius 2 is 2.10 bits per heavy atom. The first kappa shape index (κ1) is 14.0. The highest BCUT2D eigenvalue weighted by atomic mass is 32.1. The van der Waals surface area contributed by atoms with Crippen molar-refractivity contribution in [2.24, 2.45) is 11.8 Å². The number of hydrogen-bond donors (Lipinski definition) is 2. The zero-order chi connectivity index (χ0) is 13.8. The number of nitrogens with one attached hydrogen (secondary N) is 1. The monoisotopic (exact) mass is 289 g/mol. The van der Waals surface area contributed by atoms with E-state index in [0.29, 0.717) is 6.04 Å². The van der Waals surface area contributed by atoms with Crippen molar-refractivity contribution in [1.29, 1.82) is 0 Å². The fraction of sp³-hybridized carbons (Fsp3) is 0.562. The van der Waals surface area contributed by atoms with Crippen molar-refractivity contribution >= 4 is 21.6 Å². The quantitative estimate of drug-likeness (QED) is 0.630. The van der Waals surface area contributed by atoms with Crippen LogP contribution in [0, 0.1) is 5.92 Å². The Morgan fingerprint density at radius 3 is 2.85 bits per heavy atom. The van der Waals surface area contributed by atoms with Crippen LogP contribution in [0.15, 0.2) is 24.3 Å². The first-order chi connectivity index (χ1) is 9.85. The predicted molar refractivity (Wildman–Crippen MR) is 85.6 cm³/mol. The summed E-state index contributed by atoms with van der Waals surface area (Å²) in [6, 6.07) is 8.70. The first-order valence-electron chi connectivity index (χ1n) is 7.65. The van der Waals surface area contributed by atoms with E-state index in [4.69, 9.17) is 10.8 Å². The number of fused-ring (bicyclic) bond motifs is 1. The number of nitrogens with two attached hydrogens (primary N) is 1. The molecule has 3 rings (SSSR count). The van der Waals surface area contributed by atoms with E-state index >= 15 is 0 Å². The maximum atomic E-state index is 5.73. The molecule has 1 heterocycles. The van der Waals surface area contributed by atoms with E-state index < -0.39 is 0 Å². The molecule has 0 radical (unpaired) electrons. The second-order valence-electron chi connectivity index (χ2n) is 5.87. The summed E-state index contributed by atoms with van der Waals surface area (Å²) in [5.41, 5.74) is 4.10. The van der Waals surface area contributed by atoms with Gasteiger partial charge in [0.2, 0.25) is 0 Å². The number of thiazole rings is 1. The fourth-order valence-corrected chi connectivity index (χ4v) is 4.25. The molecule has 1 aliphatic rings. The van der Waals surface area contributed by atoms with Gasteiger partial charge in [0.15, 0.2) is 0 Å². The highest BCUT2D eigenvalue weighted by Gasteiger charge is 2.18. The Bertz CT molecular complexity index is 512. The summed E-state index contributed by atoms with van der Waals surface area (Å²) in [5.74, 6) is 6.66. The third-order valence-electron chi connectivity index (χ3n) is 4.39. The van der Waals surface area contributed by atoms with Gasteiger partial charge in [-0.1, -0.05) is 37.8 Å². The molecule has 1 saturated carbocycles. The molecule has 1 aromatic heterocycles. The van der Waals surface area contributed by atoms with Crippen molar-refractivity contribution < 1.29 is 0 Å². The average Bonchev–Trinajstić information content (AvgIpc) is 3.11. The van der Waals surface area contributed by atoms with E-state index in [9.17, 15) is 0 Å². The Morgan fingerprint density at radius 1 is 1.30 bits per heavy atom. The fourth-order valence-electron chi connectivity index (χ4n) is 3.20. The van der Waals surface area contributed by atoms with Gasteiger partial charge in [0.1, 0.15) is 0 Å². The number of aromatic nitrogens is 1. The van der Waals surface area contributed by atoms with E-state index in [1.54, 1.807) is 11.3 Å². The summed E-state index contributed by atoms with van der Waals surface area (Å²) < 4.78 is 1.27. The van der Waals surface area contributed by atoms with Gasteiger partial charge in [-0.05, 0) is 30.9 Å². The smallest absolute Gasteiger partial charge is 0.0954 e. The van der Waals surface area contributed by atoms with Crippen LogP contribution in [0.4, 0.5) is 0 Å². The Labute approximate surface area is 124 Å². The predicted octanol–water partition coefficient (Wildman–Crippen LogP) is 3.64. The maximum Gasteiger partial charge on any atom is 0.0954 e. The minimum Gasteiger partial charge on any atom is -0.271 e. The van der Waals surface area contributed by atoms with E-state index in [-0.39, 0.29) is 0 Å². The van der Waals surface area contributed by atoms with Crippen molar-refractivity contribution in [3.63, 3.8) is 0 Å². The number of para-hydroxylation sites is 1. The largest absolute Gasteiger partial charge is 0.271 e. The zero-order valence-electron chi connectivity index (χ0n) is 11.8. The lowest BCUT2D eigenvalue weighted by atomic mass is 9.97. The molecular weight excluding hydrogens is 266 g/mol. The van der Waals surface area contributed by atoms with Crippen LogP contribution in [-0.2, 0) is 6.42 Å². The van der Waals surface area contributed by atoms with Crippen LogP contribution >= 0.6 is 11.3 Å². The summed E-state index contributed by atoms with van der Waals surface area (Å²) in [4.78, 5) is 4.70. The zero-order valence-corrected chi connectivity index (χ0v) is 12.7. The van der Waals surface area contributed by atoms with Gasteiger partial charge in [-0.25, -0.2) is 4.98 Å². The molecule has 108 valence electrons. The van der Waals surface area contributed by atoms with Gasteiger partial charge in [0.05, 0.1) is 15.2 Å². The van der Waals surface area contributed by atoms with Gasteiger partial charge in [0.25, 0.3) is 0 Å². The molecule has 3 nitrogen and oxygen atoms in total. The first-order valence-corrected chi connectivity index (χ1v) is 8.47. The number of rotatable bonds is 6. The van der Waals surface area contributed by atoms with Gasteiger partial charge in [-0.2, -0.15) is 0 Å². The van der Waals surface area contributed by atoms with E-state index in [1.165, 1.54) is 41.8 Å². The minimum absolute atomic E-state index is 0.358. The number of benzene rings is 1. The van der Waals surface area contributed by atoms with Crippen LogP contribution in [0.3, 0.4) is 0 Å². The van der Waals surface area contributed by atoms with Gasteiger partial charge < -0.3 is 0 Å². The van der Waals surface area contributed by atoms with Crippen LogP contribution in [0.1, 0.15) is 43.5 Å². The Balaban J connectivity index is 1.58. The Kier molecular flexibility index (Phi) is 4.65. The Hall–Kier alpha value is -0.970. The third-order valence-corrected chi connectivity index (χ3v) is 5.45. The molecule has 1 atom stereocenters. The molecule has 0 bridgehead atoms. The van der Waals surface area contributed by atoms with Crippen LogP contribution in [0.2, 0.25) is 0 Å². The summed E-state index contributed by atoms with van der Waals surface area (Å²) in [7, 11) is 0. The molecule has 0 aliphatic heterocycles. The van der Waals surface area contributed by atoms with Crippen molar-refractivity contribution in [3.05, 3.63) is 29.3 Å². The van der Waals surface area contributed by atoms with Crippen molar-refractivity contribution in [2.75, 3.05) is 0 Å². The summed E-state index contributed by atoms with van der Waals surface area (Å²) >= 11 is 1.79. The second-order valence-corrected chi connectivity index (χ2v) is 6.99. The van der Waals surface area contributed by atoms with Gasteiger partial charge in [-0.3, -0.25) is 11.3 Å². The molecule has 2 aromatic rings. The average molecular weight is 289 g/mol. The summed E-state index contributed by atoms with van der Waals surface area (Å²) in [5, 5.41) is 1.19. The SMILES string of the molecule is NNC(CCC1CCCC1)Cc1nc2ccccc2s1. The maximum absolute atomic E-state index is 5.73. The standard InChI is InChI=1S/C16H23N3S/c17-19-13(10-9-12-5-1-2-6-12)11-16-18-14-7-3-4-8-15(14)20-16/h3-4,7-8,12-13,19H,1-2,5-6,9-11,17H2. The van der Waals surface area contributed by atoms with E-state index in [1.807, 2.05) is 6.07 Å². The van der Waals surface area contributed by atoms with Gasteiger partial charge in [0, 0.05) is 12.5 Å². The summed E-state index contributed by atoms with van der Waals surface area (Å²) in [6.07, 6.45) is 9.09. The van der Waals surface area contributed by atoms with Crippen molar-refractivity contribution in [2.45, 2.75) is 51.0 Å². The molecule has 1 aromatic carbocycles. The van der Waals surface area contributed by atoms with Crippen molar-refractivity contribution in [3.8, 4) is 0 Å². The summed E-state index contributed by atoms with van der Waals surface area (Å²) in [6.45, 7) is 0. The molecular formula is C16H23N3S. The molecule has 0 amide bonds. The molecule has 1 unspecified atom stereocenters. The number of hydrogen-bond acceptors (Lipinski definition) is 4. The lowest BCUT2D eigenvalue weighted by molar-refractivity contribution is 0.407. The van der Waals surface area contributed by atoms with E-state index in [0.717, 1.165) is 24.3 Å². The molecule has 4 heteroatoms. The lowest BCUT2D eigenvalue weighted by Crippen LogP contribution is -2.37. The third kappa shape index (κ3) is 3.37. The van der Waals surface area contributed by atoms with Crippen LogP contribution < -0.4 is 11.3 Å². The van der Waals surface area contributed by atoms with E-state index in [2.05, 4.69) is 23.6 Å². The molecule has 20 heavy (non-hydrogen) atoms. The lowest BCUT2D eigenvalue weighted by Gasteiger charge is -2.16. The molecule has 1 fully saturated rings. The van der Waals surface area contributed by atoms with Crippen LogP contribution in [0.5, 0.6) is 0 Å². The topological polar surface area (TPSA) is 50.9 Å². The number of hydrazine groups is 1. The molecule has 3 N–H and O–H groups in total. The second kappa shape index (κ2) is 6.66. The number of nitrogens with zero attached hydrogens (tertiary/aromatic N) is 1.